The molecule has 2 aromatic rings. The van der Waals surface area contributed by atoms with Gasteiger partial charge in [-0.15, -0.1) is 0 Å². The first-order valence-corrected chi connectivity index (χ1v) is 6.84. The van der Waals surface area contributed by atoms with Crippen molar-refractivity contribution in [3.05, 3.63) is 47.9 Å². The molecule has 0 amide bonds. The summed E-state index contributed by atoms with van der Waals surface area (Å²) in [7, 11) is 0. The molecule has 0 unspecified atom stereocenters. The van der Waals surface area contributed by atoms with Crippen molar-refractivity contribution in [3.63, 3.8) is 0 Å². The van der Waals surface area contributed by atoms with Crippen LogP contribution in [0.4, 0.5) is 0 Å². The molecule has 0 atom stereocenters. The monoisotopic (exact) mass is 257 g/mol. The molecule has 3 heterocycles. The number of hydrogen-bond donors (Lipinski definition) is 0. The Labute approximate surface area is 113 Å². The fourth-order valence-corrected chi connectivity index (χ4v) is 2.77. The van der Waals surface area contributed by atoms with Gasteiger partial charge >= 0.3 is 0 Å². The average Bonchev–Trinajstić information content (AvgIpc) is 2.86. The third-order valence-corrected chi connectivity index (χ3v) is 3.82. The topological polar surface area (TPSA) is 42.2 Å². The summed E-state index contributed by atoms with van der Waals surface area (Å²) < 4.78 is 5.25. The smallest absolute Gasteiger partial charge is 0.191 e. The van der Waals surface area contributed by atoms with Gasteiger partial charge in [0, 0.05) is 25.9 Å². The quantitative estimate of drug-likeness (QED) is 0.848. The third-order valence-electron chi connectivity index (χ3n) is 3.82. The van der Waals surface area contributed by atoms with E-state index in [1.807, 2.05) is 19.3 Å². The van der Waals surface area contributed by atoms with Crippen LogP contribution in [0.2, 0.25) is 0 Å². The SMILES string of the molecule is Cc1nc(CN2CCC(c3ccncc3)CC2)co1. The van der Waals surface area contributed by atoms with E-state index >= 15 is 0 Å². The second-order valence-electron chi connectivity index (χ2n) is 5.19. The van der Waals surface area contributed by atoms with Crippen LogP contribution in [0, 0.1) is 6.92 Å². The van der Waals surface area contributed by atoms with Crippen molar-refractivity contribution in [3.8, 4) is 0 Å². The molecule has 19 heavy (non-hydrogen) atoms. The number of aryl methyl sites for hydroxylation is 1. The van der Waals surface area contributed by atoms with Gasteiger partial charge in [-0.1, -0.05) is 0 Å². The Bertz CT molecular complexity index is 515. The number of piperidine rings is 1. The lowest BCUT2D eigenvalue weighted by Gasteiger charge is -2.31. The van der Waals surface area contributed by atoms with Crippen molar-refractivity contribution >= 4 is 0 Å². The minimum Gasteiger partial charge on any atom is -0.449 e. The van der Waals surface area contributed by atoms with Crippen LogP contribution in [0.1, 0.15) is 35.9 Å². The first-order valence-electron chi connectivity index (χ1n) is 6.84. The van der Waals surface area contributed by atoms with E-state index in [4.69, 9.17) is 4.42 Å². The lowest BCUT2D eigenvalue weighted by Crippen LogP contribution is -2.32. The molecule has 0 bridgehead atoms. The fourth-order valence-electron chi connectivity index (χ4n) is 2.77. The second kappa shape index (κ2) is 5.53. The Morgan fingerprint density at radius 1 is 1.26 bits per heavy atom. The van der Waals surface area contributed by atoms with Crippen LogP contribution in [-0.4, -0.2) is 28.0 Å². The predicted octanol–water partition coefficient (Wildman–Crippen LogP) is 2.76. The molecule has 3 rings (SSSR count). The maximum atomic E-state index is 5.25. The molecule has 0 radical (unpaired) electrons. The third kappa shape index (κ3) is 3.01. The molecule has 4 nitrogen and oxygen atoms in total. The molecule has 4 heteroatoms. The first kappa shape index (κ1) is 12.4. The number of hydrogen-bond acceptors (Lipinski definition) is 4. The van der Waals surface area contributed by atoms with E-state index in [-0.39, 0.29) is 0 Å². The number of likely N-dealkylation sites (tertiary alicyclic amines) is 1. The van der Waals surface area contributed by atoms with Gasteiger partial charge in [0.05, 0.1) is 5.69 Å². The van der Waals surface area contributed by atoms with Gasteiger partial charge < -0.3 is 4.42 Å². The molecule has 2 aromatic heterocycles. The summed E-state index contributed by atoms with van der Waals surface area (Å²) in [5.74, 6) is 1.43. The summed E-state index contributed by atoms with van der Waals surface area (Å²) in [4.78, 5) is 10.9. The summed E-state index contributed by atoms with van der Waals surface area (Å²) in [5, 5.41) is 0. The van der Waals surface area contributed by atoms with Gasteiger partial charge in [-0.2, -0.15) is 0 Å². The van der Waals surface area contributed by atoms with Crippen molar-refractivity contribution in [2.45, 2.75) is 32.2 Å². The lowest BCUT2D eigenvalue weighted by atomic mass is 9.90. The molecule has 0 aromatic carbocycles. The number of oxazole rings is 1. The highest BCUT2D eigenvalue weighted by molar-refractivity contribution is 5.16. The van der Waals surface area contributed by atoms with Crippen LogP contribution in [0.25, 0.3) is 0 Å². The van der Waals surface area contributed by atoms with E-state index in [0.717, 1.165) is 31.2 Å². The van der Waals surface area contributed by atoms with Crippen LogP contribution in [0.5, 0.6) is 0 Å². The number of nitrogens with zero attached hydrogens (tertiary/aromatic N) is 3. The minimum absolute atomic E-state index is 0.679. The molecule has 0 N–H and O–H groups in total. The number of rotatable bonds is 3. The number of aromatic nitrogens is 2. The zero-order chi connectivity index (χ0) is 13.1. The highest BCUT2D eigenvalue weighted by Crippen LogP contribution is 2.27. The first-order chi connectivity index (χ1) is 9.31. The number of pyridine rings is 1. The van der Waals surface area contributed by atoms with Gasteiger partial charge in [-0.25, -0.2) is 4.98 Å². The largest absolute Gasteiger partial charge is 0.449 e. The molecule has 0 spiro atoms. The summed E-state index contributed by atoms with van der Waals surface area (Å²) in [6.07, 6.45) is 7.96. The Hall–Kier alpha value is -1.68. The van der Waals surface area contributed by atoms with Crippen LogP contribution >= 0.6 is 0 Å². The summed E-state index contributed by atoms with van der Waals surface area (Å²) in [5.41, 5.74) is 2.46. The predicted molar refractivity (Wildman–Crippen MR) is 72.7 cm³/mol. The highest BCUT2D eigenvalue weighted by Gasteiger charge is 2.21. The zero-order valence-electron chi connectivity index (χ0n) is 11.2. The van der Waals surface area contributed by atoms with E-state index in [0.29, 0.717) is 5.92 Å². The Balaban J connectivity index is 1.55. The van der Waals surface area contributed by atoms with Crippen molar-refractivity contribution in [1.29, 1.82) is 0 Å². The minimum atomic E-state index is 0.679. The summed E-state index contributed by atoms with van der Waals surface area (Å²) in [6, 6.07) is 4.28. The van der Waals surface area contributed by atoms with Gasteiger partial charge in [-0.3, -0.25) is 9.88 Å². The van der Waals surface area contributed by atoms with Gasteiger partial charge in [0.2, 0.25) is 0 Å². The molecule has 1 saturated heterocycles. The van der Waals surface area contributed by atoms with E-state index in [1.54, 1.807) is 6.26 Å². The van der Waals surface area contributed by atoms with Gasteiger partial charge in [0.15, 0.2) is 5.89 Å². The van der Waals surface area contributed by atoms with Crippen LogP contribution in [0.15, 0.2) is 35.2 Å². The molecular formula is C15H19N3O. The van der Waals surface area contributed by atoms with Crippen molar-refractivity contribution in [2.24, 2.45) is 0 Å². The van der Waals surface area contributed by atoms with Crippen molar-refractivity contribution in [1.82, 2.24) is 14.9 Å². The van der Waals surface area contributed by atoms with Gasteiger partial charge in [0.25, 0.3) is 0 Å². The van der Waals surface area contributed by atoms with Crippen LogP contribution in [-0.2, 0) is 6.54 Å². The molecule has 1 fully saturated rings. The van der Waals surface area contributed by atoms with Crippen molar-refractivity contribution < 1.29 is 4.42 Å². The van der Waals surface area contributed by atoms with Gasteiger partial charge in [0.1, 0.15) is 6.26 Å². The Morgan fingerprint density at radius 2 is 2.00 bits per heavy atom. The van der Waals surface area contributed by atoms with E-state index in [1.165, 1.54) is 18.4 Å². The highest BCUT2D eigenvalue weighted by atomic mass is 16.3. The maximum Gasteiger partial charge on any atom is 0.191 e. The second-order valence-corrected chi connectivity index (χ2v) is 5.19. The molecule has 0 aliphatic carbocycles. The normalized spacial score (nSPS) is 17.7. The fraction of sp³-hybridized carbons (Fsp3) is 0.467. The summed E-state index contributed by atoms with van der Waals surface area (Å²) >= 11 is 0. The zero-order valence-corrected chi connectivity index (χ0v) is 11.2. The summed E-state index contributed by atoms with van der Waals surface area (Å²) in [6.45, 7) is 5.04. The lowest BCUT2D eigenvalue weighted by molar-refractivity contribution is 0.202. The molecule has 1 aliphatic rings. The van der Waals surface area contributed by atoms with Crippen LogP contribution in [0.3, 0.4) is 0 Å². The molecule has 0 saturated carbocycles. The van der Waals surface area contributed by atoms with Crippen LogP contribution < -0.4 is 0 Å². The average molecular weight is 257 g/mol. The van der Waals surface area contributed by atoms with E-state index in [2.05, 4.69) is 27.0 Å². The van der Waals surface area contributed by atoms with E-state index in [9.17, 15) is 0 Å². The molecule has 100 valence electrons. The van der Waals surface area contributed by atoms with E-state index < -0.39 is 0 Å². The Morgan fingerprint density at radius 3 is 2.63 bits per heavy atom. The van der Waals surface area contributed by atoms with Gasteiger partial charge in [-0.05, 0) is 49.5 Å². The maximum absolute atomic E-state index is 5.25. The standard InChI is InChI=1S/C15H19N3O/c1-12-17-15(11-19-12)10-18-8-4-14(5-9-18)13-2-6-16-7-3-13/h2-3,6-7,11,14H,4-5,8-10H2,1H3. The molecular weight excluding hydrogens is 238 g/mol. The Kier molecular flexibility index (Phi) is 3.60. The molecule has 1 aliphatic heterocycles. The van der Waals surface area contributed by atoms with Crippen molar-refractivity contribution in [2.75, 3.05) is 13.1 Å².